The molecule has 0 spiro atoms. The number of phenolic OH excluding ortho intramolecular Hbond substituents is 1. The van der Waals surface area contributed by atoms with E-state index in [1.807, 2.05) is 24.3 Å². The maximum absolute atomic E-state index is 10.3. The van der Waals surface area contributed by atoms with Crippen LogP contribution in [0, 0.1) is 5.92 Å². The summed E-state index contributed by atoms with van der Waals surface area (Å²) in [6.45, 7) is 4.39. The monoisotopic (exact) mass is 270 g/mol. The van der Waals surface area contributed by atoms with Crippen molar-refractivity contribution < 1.29 is 9.84 Å². The van der Waals surface area contributed by atoms with Crippen LogP contribution in [0.1, 0.15) is 25.8 Å². The van der Waals surface area contributed by atoms with Crippen molar-refractivity contribution in [3.63, 3.8) is 0 Å². The zero-order valence-electron chi connectivity index (χ0n) is 12.4. The van der Waals surface area contributed by atoms with Crippen LogP contribution in [0.25, 0.3) is 11.1 Å². The number of hydrogen-bond acceptors (Lipinski definition) is 2. The van der Waals surface area contributed by atoms with E-state index >= 15 is 0 Å². The Morgan fingerprint density at radius 2 is 1.80 bits per heavy atom. The lowest BCUT2D eigenvalue weighted by Crippen LogP contribution is -1.97. The number of ether oxygens (including phenoxy) is 1. The van der Waals surface area contributed by atoms with Gasteiger partial charge in [-0.1, -0.05) is 44.2 Å². The average molecular weight is 270 g/mol. The summed E-state index contributed by atoms with van der Waals surface area (Å²) < 4.78 is 5.28. The topological polar surface area (TPSA) is 29.5 Å². The molecule has 1 N–H and O–H groups in total. The Bertz CT molecular complexity index is 559. The van der Waals surface area contributed by atoms with Gasteiger partial charge in [-0.05, 0) is 36.0 Å². The lowest BCUT2D eigenvalue weighted by Gasteiger charge is -2.15. The van der Waals surface area contributed by atoms with Gasteiger partial charge < -0.3 is 9.84 Å². The number of phenols is 1. The summed E-state index contributed by atoms with van der Waals surface area (Å²) in [5.74, 6) is 1.62. The van der Waals surface area contributed by atoms with Crippen LogP contribution >= 0.6 is 0 Å². The maximum atomic E-state index is 10.3. The van der Waals surface area contributed by atoms with Crippen LogP contribution in [-0.2, 0) is 6.42 Å². The summed E-state index contributed by atoms with van der Waals surface area (Å²) in [5, 5.41) is 10.3. The molecular weight excluding hydrogens is 248 g/mol. The van der Waals surface area contributed by atoms with E-state index in [1.54, 1.807) is 13.2 Å². The van der Waals surface area contributed by atoms with E-state index in [2.05, 4.69) is 26.0 Å². The highest BCUT2D eigenvalue weighted by Crippen LogP contribution is 2.36. The van der Waals surface area contributed by atoms with Crippen molar-refractivity contribution in [2.24, 2.45) is 5.92 Å². The van der Waals surface area contributed by atoms with E-state index in [-0.39, 0.29) is 0 Å². The minimum atomic E-state index is 0.323. The summed E-state index contributed by atoms with van der Waals surface area (Å²) >= 11 is 0. The second-order valence-electron chi connectivity index (χ2n) is 5.47. The first kappa shape index (κ1) is 14.4. The minimum absolute atomic E-state index is 0.323. The Hall–Kier alpha value is -1.96. The number of aromatic hydroxyl groups is 1. The van der Waals surface area contributed by atoms with Gasteiger partial charge in [0.25, 0.3) is 0 Å². The first-order valence-electron chi connectivity index (χ1n) is 7.07. The predicted molar refractivity (Wildman–Crippen MR) is 83.3 cm³/mol. The lowest BCUT2D eigenvalue weighted by molar-refractivity contribution is 0.406. The zero-order chi connectivity index (χ0) is 14.5. The van der Waals surface area contributed by atoms with E-state index in [1.165, 1.54) is 0 Å². The van der Waals surface area contributed by atoms with E-state index in [0.29, 0.717) is 17.4 Å². The van der Waals surface area contributed by atoms with E-state index in [9.17, 15) is 5.11 Å². The highest BCUT2D eigenvalue weighted by Gasteiger charge is 2.13. The fraction of sp³-hybridized carbons (Fsp3) is 0.333. The summed E-state index contributed by atoms with van der Waals surface area (Å²) in [6, 6.07) is 13.8. The molecule has 2 aromatic rings. The van der Waals surface area contributed by atoms with Crippen LogP contribution in [0.4, 0.5) is 0 Å². The largest absolute Gasteiger partial charge is 0.508 e. The van der Waals surface area contributed by atoms with E-state index < -0.39 is 0 Å². The van der Waals surface area contributed by atoms with Gasteiger partial charge in [0, 0.05) is 11.6 Å². The van der Waals surface area contributed by atoms with Crippen molar-refractivity contribution in [1.82, 2.24) is 0 Å². The summed E-state index contributed by atoms with van der Waals surface area (Å²) in [6.07, 6.45) is 1.93. The normalized spacial score (nSPS) is 10.8. The molecule has 0 amide bonds. The van der Waals surface area contributed by atoms with Crippen molar-refractivity contribution in [2.45, 2.75) is 26.7 Å². The Morgan fingerprint density at radius 1 is 1.10 bits per heavy atom. The average Bonchev–Trinajstić information content (AvgIpc) is 2.46. The molecule has 2 heteroatoms. The molecule has 0 fully saturated rings. The minimum Gasteiger partial charge on any atom is -0.508 e. The van der Waals surface area contributed by atoms with Crippen molar-refractivity contribution >= 4 is 0 Å². The first-order chi connectivity index (χ1) is 9.61. The van der Waals surface area contributed by atoms with Crippen molar-refractivity contribution in [3.8, 4) is 22.6 Å². The summed E-state index contributed by atoms with van der Waals surface area (Å²) in [7, 11) is 1.62. The van der Waals surface area contributed by atoms with Gasteiger partial charge in [0.15, 0.2) is 0 Å². The van der Waals surface area contributed by atoms with Gasteiger partial charge >= 0.3 is 0 Å². The molecule has 0 aromatic heterocycles. The van der Waals surface area contributed by atoms with Crippen molar-refractivity contribution in [2.75, 3.05) is 7.11 Å². The van der Waals surface area contributed by atoms with Gasteiger partial charge in [0.05, 0.1) is 7.11 Å². The molecule has 0 radical (unpaired) electrons. The number of methoxy groups -OCH3 is 1. The van der Waals surface area contributed by atoms with Crippen LogP contribution in [0.5, 0.6) is 11.5 Å². The molecule has 0 aliphatic rings. The molecule has 106 valence electrons. The second kappa shape index (κ2) is 6.47. The second-order valence-corrected chi connectivity index (χ2v) is 5.47. The smallest absolute Gasteiger partial charge is 0.123 e. The molecule has 0 heterocycles. The fourth-order valence-corrected chi connectivity index (χ4v) is 2.32. The van der Waals surface area contributed by atoms with Gasteiger partial charge in [-0.15, -0.1) is 0 Å². The standard InChI is InChI=1S/C18H22O2/c1-13(2)9-10-16-17(14-7-5-4-6-8-14)11-15(20-3)12-18(16)19/h4-8,11-13,19H,9-10H2,1-3H3. The summed E-state index contributed by atoms with van der Waals surface area (Å²) in [5.41, 5.74) is 3.18. The molecule has 0 saturated heterocycles. The predicted octanol–water partition coefficient (Wildman–Crippen LogP) is 4.66. The van der Waals surface area contributed by atoms with Gasteiger partial charge in [0.1, 0.15) is 11.5 Å². The van der Waals surface area contributed by atoms with Crippen LogP contribution in [0.15, 0.2) is 42.5 Å². The Balaban J connectivity index is 2.48. The fourth-order valence-electron chi connectivity index (χ4n) is 2.32. The third kappa shape index (κ3) is 3.32. The van der Waals surface area contributed by atoms with E-state index in [4.69, 9.17) is 4.74 Å². The highest BCUT2D eigenvalue weighted by molar-refractivity contribution is 5.72. The van der Waals surface area contributed by atoms with Gasteiger partial charge in [-0.3, -0.25) is 0 Å². The third-order valence-electron chi connectivity index (χ3n) is 3.49. The molecule has 0 bridgehead atoms. The molecule has 20 heavy (non-hydrogen) atoms. The van der Waals surface area contributed by atoms with Crippen LogP contribution in [0.3, 0.4) is 0 Å². The van der Waals surface area contributed by atoms with Crippen molar-refractivity contribution in [1.29, 1.82) is 0 Å². The third-order valence-corrected chi connectivity index (χ3v) is 3.49. The van der Waals surface area contributed by atoms with Gasteiger partial charge in [0.2, 0.25) is 0 Å². The number of benzene rings is 2. The molecule has 2 rings (SSSR count). The molecule has 2 nitrogen and oxygen atoms in total. The molecule has 0 saturated carbocycles. The molecular formula is C18H22O2. The SMILES string of the molecule is COc1cc(O)c(CCC(C)C)c(-c2ccccc2)c1. The van der Waals surface area contributed by atoms with Gasteiger partial charge in [-0.25, -0.2) is 0 Å². The maximum Gasteiger partial charge on any atom is 0.123 e. The molecule has 0 unspecified atom stereocenters. The molecule has 0 atom stereocenters. The molecule has 2 aromatic carbocycles. The van der Waals surface area contributed by atoms with E-state index in [0.717, 1.165) is 29.5 Å². The molecule has 0 aliphatic heterocycles. The Kier molecular flexibility index (Phi) is 4.67. The highest BCUT2D eigenvalue weighted by atomic mass is 16.5. The van der Waals surface area contributed by atoms with Crippen LogP contribution in [0.2, 0.25) is 0 Å². The lowest BCUT2D eigenvalue weighted by atomic mass is 9.93. The summed E-state index contributed by atoms with van der Waals surface area (Å²) in [4.78, 5) is 0. The number of hydrogen-bond donors (Lipinski definition) is 1. The van der Waals surface area contributed by atoms with Gasteiger partial charge in [-0.2, -0.15) is 0 Å². The van der Waals surface area contributed by atoms with Crippen molar-refractivity contribution in [3.05, 3.63) is 48.0 Å². The Labute approximate surface area is 121 Å². The molecule has 0 aliphatic carbocycles. The number of rotatable bonds is 5. The zero-order valence-corrected chi connectivity index (χ0v) is 12.4. The van der Waals surface area contributed by atoms with Crippen LogP contribution < -0.4 is 4.74 Å². The van der Waals surface area contributed by atoms with Crippen LogP contribution in [-0.4, -0.2) is 12.2 Å². The Morgan fingerprint density at radius 3 is 2.40 bits per heavy atom. The first-order valence-corrected chi connectivity index (χ1v) is 7.07. The quantitative estimate of drug-likeness (QED) is 0.856.